The minimum absolute atomic E-state index is 0.0204. The van der Waals surface area contributed by atoms with Crippen LogP contribution in [0, 0.1) is 0 Å². The number of aliphatic hydroxyl groups excluding tert-OH is 8. The Morgan fingerprint density at radius 1 is 0.791 bits per heavy atom. The molecule has 9 N–H and O–H groups in total. The van der Waals surface area contributed by atoms with Crippen LogP contribution in [0.1, 0.15) is 11.7 Å². The van der Waals surface area contributed by atoms with E-state index in [0.29, 0.717) is 5.56 Å². The van der Waals surface area contributed by atoms with Gasteiger partial charge in [0.1, 0.15) is 88.9 Å². The molecule has 1 aromatic heterocycles. The largest absolute Gasteiger partial charge is 0.508 e. The molecule has 10 atom stereocenters. The lowest BCUT2D eigenvalue weighted by Gasteiger charge is -2.42. The Morgan fingerprint density at radius 3 is 2.00 bits per heavy atom. The molecular weight excluding hydrogens is 576 g/mol. The lowest BCUT2D eigenvalue weighted by Crippen LogP contribution is -2.60. The molecule has 3 heterocycles. The van der Waals surface area contributed by atoms with E-state index in [1.165, 1.54) is 37.4 Å². The number of hydrogen-bond donors (Lipinski definition) is 9. The quantitative estimate of drug-likeness (QED) is 0.139. The Morgan fingerprint density at radius 2 is 1.40 bits per heavy atom. The van der Waals surface area contributed by atoms with E-state index in [1.807, 2.05) is 0 Å². The van der Waals surface area contributed by atoms with Crippen LogP contribution >= 0.6 is 0 Å². The van der Waals surface area contributed by atoms with Gasteiger partial charge in [0.15, 0.2) is 5.43 Å². The molecule has 2 saturated heterocycles. The predicted molar refractivity (Wildman–Crippen MR) is 143 cm³/mol. The number of methoxy groups -OCH3 is 1. The smallest absolute Gasteiger partial charge is 0.229 e. The summed E-state index contributed by atoms with van der Waals surface area (Å²) >= 11 is 0. The Kier molecular flexibility index (Phi) is 8.92. The third-order valence-electron chi connectivity index (χ3n) is 7.61. The van der Waals surface area contributed by atoms with Crippen molar-refractivity contribution in [1.82, 2.24) is 0 Å². The molecule has 0 saturated carbocycles. The third-order valence-corrected chi connectivity index (χ3v) is 7.61. The van der Waals surface area contributed by atoms with Gasteiger partial charge in [-0.25, -0.2) is 0 Å². The van der Waals surface area contributed by atoms with Crippen molar-refractivity contribution >= 4 is 11.0 Å². The molecule has 0 aliphatic carbocycles. The van der Waals surface area contributed by atoms with Crippen LogP contribution in [0.3, 0.4) is 0 Å². The second kappa shape index (κ2) is 12.3. The highest BCUT2D eigenvalue weighted by molar-refractivity contribution is 5.89. The van der Waals surface area contributed by atoms with Crippen molar-refractivity contribution in [2.45, 2.75) is 61.2 Å². The van der Waals surface area contributed by atoms with Crippen LogP contribution in [0.2, 0.25) is 0 Å². The highest BCUT2D eigenvalue weighted by atomic mass is 16.7. The number of benzene rings is 2. The summed E-state index contributed by atoms with van der Waals surface area (Å²) in [5.41, 5.74) is -0.628. The molecular formula is C28H32O15. The number of aromatic hydroxyl groups is 1. The maximum atomic E-state index is 13.7. The van der Waals surface area contributed by atoms with Crippen molar-refractivity contribution in [1.29, 1.82) is 0 Å². The van der Waals surface area contributed by atoms with E-state index in [-0.39, 0.29) is 33.8 Å². The standard InChI is InChI=1S/C28H32O15/c1-39-14-7-15-18(12(32)6-13(40-15)10-2-4-11(31)5-3-10)26(43-28-25(38)23(36)21(34)17(9-30)42-28)19(14)27-24(37)22(35)20(33)16(8-29)41-27/h2-7,16-17,20-25,27-31,33-38H,8-9H2,1H3/t16-,17-,20-,21-,22+,23+,24-,25-,27+,28+/m1/s1. The third kappa shape index (κ3) is 5.56. The summed E-state index contributed by atoms with van der Waals surface area (Å²) < 4.78 is 28.7. The number of aliphatic hydroxyl groups is 8. The molecule has 15 heteroatoms. The Labute approximate surface area is 242 Å². The molecule has 0 bridgehead atoms. The first-order valence-corrected chi connectivity index (χ1v) is 13.3. The van der Waals surface area contributed by atoms with E-state index in [4.69, 9.17) is 23.4 Å². The van der Waals surface area contributed by atoms with Gasteiger partial charge < -0.3 is 69.3 Å². The van der Waals surface area contributed by atoms with E-state index >= 15 is 0 Å². The minimum atomic E-state index is -1.91. The molecule has 0 spiro atoms. The van der Waals surface area contributed by atoms with E-state index in [2.05, 4.69) is 0 Å². The van der Waals surface area contributed by atoms with E-state index < -0.39 is 85.6 Å². The molecule has 5 rings (SSSR count). The monoisotopic (exact) mass is 608 g/mol. The van der Waals surface area contributed by atoms with E-state index in [1.54, 1.807) is 0 Å². The zero-order valence-electron chi connectivity index (χ0n) is 22.6. The molecule has 2 aliphatic heterocycles. The fourth-order valence-corrected chi connectivity index (χ4v) is 5.23. The van der Waals surface area contributed by atoms with Crippen molar-refractivity contribution in [2.24, 2.45) is 0 Å². The topological polar surface area (TPSA) is 249 Å². The van der Waals surface area contributed by atoms with Crippen LogP contribution in [-0.4, -0.2) is 121 Å². The Hall–Kier alpha value is -3.35. The summed E-state index contributed by atoms with van der Waals surface area (Å²) in [6.45, 7) is -1.54. The lowest BCUT2D eigenvalue weighted by molar-refractivity contribution is -0.278. The highest BCUT2D eigenvalue weighted by Gasteiger charge is 2.49. The SMILES string of the molecule is COc1cc2oc(-c3ccc(O)cc3)cc(=O)c2c(O[C@@H]2O[C@H](CO)[C@@H](O)[C@H](O)[C@H]2O)c1[C@@H]1O[C@H](CO)[C@@H](O)[C@H](O)[C@H]1O. The summed E-state index contributed by atoms with van der Waals surface area (Å²) in [6.07, 6.45) is -17.0. The van der Waals surface area contributed by atoms with Gasteiger partial charge in [-0.3, -0.25) is 4.79 Å². The van der Waals surface area contributed by atoms with Crippen LogP contribution in [-0.2, 0) is 9.47 Å². The molecule has 3 aromatic rings. The van der Waals surface area contributed by atoms with E-state index in [0.717, 1.165) is 6.07 Å². The second-order valence-corrected chi connectivity index (χ2v) is 10.3. The lowest BCUT2D eigenvalue weighted by atomic mass is 9.89. The van der Waals surface area contributed by atoms with Crippen LogP contribution in [0.5, 0.6) is 17.2 Å². The Bertz CT molecular complexity index is 1490. The van der Waals surface area contributed by atoms with Gasteiger partial charge in [-0.2, -0.15) is 0 Å². The first kappa shape index (κ1) is 31.1. The van der Waals surface area contributed by atoms with Crippen molar-refractivity contribution in [2.75, 3.05) is 20.3 Å². The molecule has 15 nitrogen and oxygen atoms in total. The Balaban J connectivity index is 1.73. The molecule has 234 valence electrons. The average Bonchev–Trinajstić information content (AvgIpc) is 3.00. The fourth-order valence-electron chi connectivity index (χ4n) is 5.23. The first-order valence-electron chi connectivity index (χ1n) is 13.3. The zero-order valence-corrected chi connectivity index (χ0v) is 22.6. The zero-order chi connectivity index (χ0) is 31.2. The van der Waals surface area contributed by atoms with Crippen LogP contribution in [0.4, 0.5) is 0 Å². The maximum Gasteiger partial charge on any atom is 0.229 e. The summed E-state index contributed by atoms with van der Waals surface area (Å²) in [4.78, 5) is 13.7. The molecule has 0 unspecified atom stereocenters. The maximum absolute atomic E-state index is 13.7. The summed E-state index contributed by atoms with van der Waals surface area (Å²) in [5.74, 6) is -0.511. The van der Waals surface area contributed by atoms with Crippen molar-refractivity contribution < 1.29 is 69.3 Å². The molecule has 2 aliphatic rings. The van der Waals surface area contributed by atoms with Crippen LogP contribution < -0.4 is 14.9 Å². The van der Waals surface area contributed by atoms with Crippen molar-refractivity contribution in [3.63, 3.8) is 0 Å². The van der Waals surface area contributed by atoms with Gasteiger partial charge in [0.2, 0.25) is 6.29 Å². The average molecular weight is 609 g/mol. The normalized spacial score (nSPS) is 33.0. The van der Waals surface area contributed by atoms with Gasteiger partial charge >= 0.3 is 0 Å². The molecule has 2 aromatic carbocycles. The number of ether oxygens (including phenoxy) is 4. The van der Waals surface area contributed by atoms with Crippen molar-refractivity contribution in [3.8, 4) is 28.6 Å². The van der Waals surface area contributed by atoms with Gasteiger partial charge in [0, 0.05) is 17.7 Å². The van der Waals surface area contributed by atoms with Gasteiger partial charge in [0.25, 0.3) is 0 Å². The van der Waals surface area contributed by atoms with Crippen LogP contribution in [0.15, 0.2) is 45.6 Å². The number of rotatable bonds is 7. The van der Waals surface area contributed by atoms with E-state index in [9.17, 15) is 50.8 Å². The first-order chi connectivity index (χ1) is 20.5. The van der Waals surface area contributed by atoms with Crippen LogP contribution in [0.25, 0.3) is 22.3 Å². The number of hydrogen-bond acceptors (Lipinski definition) is 15. The summed E-state index contributed by atoms with van der Waals surface area (Å²) in [5, 5.41) is 91.8. The number of fused-ring (bicyclic) bond motifs is 1. The molecule has 43 heavy (non-hydrogen) atoms. The van der Waals surface area contributed by atoms with Gasteiger partial charge in [0.05, 0.1) is 25.9 Å². The second-order valence-electron chi connectivity index (χ2n) is 10.3. The van der Waals surface area contributed by atoms with Gasteiger partial charge in [-0.1, -0.05) is 0 Å². The molecule has 2 fully saturated rings. The van der Waals surface area contributed by atoms with Gasteiger partial charge in [-0.15, -0.1) is 0 Å². The summed E-state index contributed by atoms with van der Waals surface area (Å²) in [6, 6.07) is 8.16. The fraction of sp³-hybridized carbons (Fsp3) is 0.464. The highest BCUT2D eigenvalue weighted by Crippen LogP contribution is 2.46. The molecule has 0 amide bonds. The summed E-state index contributed by atoms with van der Waals surface area (Å²) in [7, 11) is 1.23. The van der Waals surface area contributed by atoms with Crippen molar-refractivity contribution in [3.05, 3.63) is 52.2 Å². The number of phenols is 1. The number of phenolic OH excluding ortho intramolecular Hbond substituents is 1. The molecule has 0 radical (unpaired) electrons. The minimum Gasteiger partial charge on any atom is -0.508 e. The van der Waals surface area contributed by atoms with Gasteiger partial charge in [-0.05, 0) is 24.3 Å². The predicted octanol–water partition coefficient (Wildman–Crippen LogP) is -2.13.